The van der Waals surface area contributed by atoms with Gasteiger partial charge in [0.1, 0.15) is 0 Å². The zero-order chi connectivity index (χ0) is 13.2. The summed E-state index contributed by atoms with van der Waals surface area (Å²) < 4.78 is 0. The maximum atomic E-state index is 9.21. The highest BCUT2D eigenvalue weighted by atomic mass is 35.5. The Balaban J connectivity index is 1.85. The molecular formula is C16H22ClNO. The summed E-state index contributed by atoms with van der Waals surface area (Å²) in [6.07, 6.45) is 8.16. The Labute approximate surface area is 120 Å². The third-order valence-corrected chi connectivity index (χ3v) is 5.13. The molecular weight excluding hydrogens is 258 g/mol. The molecule has 1 aromatic rings. The summed E-state index contributed by atoms with van der Waals surface area (Å²) in [5.74, 6) is 0.874. The highest BCUT2D eigenvalue weighted by Gasteiger charge is 2.33. The lowest BCUT2D eigenvalue weighted by Crippen LogP contribution is -2.46. The van der Waals surface area contributed by atoms with E-state index in [4.69, 9.17) is 11.6 Å². The van der Waals surface area contributed by atoms with E-state index < -0.39 is 0 Å². The topological polar surface area (TPSA) is 23.5 Å². The molecule has 0 spiro atoms. The number of rotatable bonds is 2. The number of halogens is 1. The molecule has 0 bridgehead atoms. The second kappa shape index (κ2) is 5.72. The Morgan fingerprint density at radius 3 is 2.74 bits per heavy atom. The van der Waals surface area contributed by atoms with Gasteiger partial charge in [0, 0.05) is 23.3 Å². The van der Waals surface area contributed by atoms with Gasteiger partial charge in [-0.1, -0.05) is 30.5 Å². The van der Waals surface area contributed by atoms with Crippen molar-refractivity contribution in [3.05, 3.63) is 28.8 Å². The molecule has 1 aliphatic heterocycles. The van der Waals surface area contributed by atoms with Crippen molar-refractivity contribution in [2.75, 3.05) is 11.4 Å². The fourth-order valence-corrected chi connectivity index (χ4v) is 4.02. The van der Waals surface area contributed by atoms with Gasteiger partial charge in [-0.15, -0.1) is 0 Å². The van der Waals surface area contributed by atoms with E-state index in [1.807, 2.05) is 12.1 Å². The number of fused-ring (bicyclic) bond motifs is 1. The molecule has 0 unspecified atom stereocenters. The summed E-state index contributed by atoms with van der Waals surface area (Å²) in [4.78, 5) is 2.56. The van der Waals surface area contributed by atoms with Gasteiger partial charge in [-0.05, 0) is 49.3 Å². The minimum absolute atomic E-state index is 0.0190. The van der Waals surface area contributed by atoms with E-state index in [0.29, 0.717) is 11.1 Å². The lowest BCUT2D eigenvalue weighted by atomic mass is 9.78. The normalized spacial score (nSPS) is 27.2. The first-order chi connectivity index (χ1) is 9.29. The predicted molar refractivity (Wildman–Crippen MR) is 79.7 cm³/mol. The molecule has 1 heterocycles. The van der Waals surface area contributed by atoms with E-state index >= 15 is 0 Å². The van der Waals surface area contributed by atoms with E-state index in [1.54, 1.807) is 0 Å². The molecule has 19 heavy (non-hydrogen) atoms. The molecule has 104 valence electrons. The minimum Gasteiger partial charge on any atom is -0.392 e. The van der Waals surface area contributed by atoms with Gasteiger partial charge >= 0.3 is 0 Å². The Bertz CT molecular complexity index is 446. The third-order valence-electron chi connectivity index (χ3n) is 4.78. The van der Waals surface area contributed by atoms with E-state index in [2.05, 4.69) is 11.0 Å². The standard InChI is InChI=1S/C16H22ClNO/c17-15-10-14(8-7-13(15)11-19)18-9-3-5-12-4-1-2-6-16(12)18/h7-8,10,12,16,19H,1-6,9,11H2/t12-,16-/m1/s1. The Morgan fingerprint density at radius 1 is 1.16 bits per heavy atom. The van der Waals surface area contributed by atoms with Gasteiger partial charge in [-0.25, -0.2) is 0 Å². The SMILES string of the molecule is OCc1ccc(N2CCC[C@H]3CCCC[C@H]32)cc1Cl. The third kappa shape index (κ3) is 2.61. The molecule has 2 atom stereocenters. The van der Waals surface area contributed by atoms with E-state index in [-0.39, 0.29) is 6.61 Å². The second-order valence-corrected chi connectivity index (χ2v) is 6.29. The quantitative estimate of drug-likeness (QED) is 0.885. The molecule has 0 amide bonds. The lowest BCUT2D eigenvalue weighted by Gasteiger charge is -2.45. The van der Waals surface area contributed by atoms with Crippen LogP contribution in [0.25, 0.3) is 0 Å². The van der Waals surface area contributed by atoms with Crippen molar-refractivity contribution in [2.45, 2.75) is 51.2 Å². The van der Waals surface area contributed by atoms with Gasteiger partial charge in [0.15, 0.2) is 0 Å². The maximum absolute atomic E-state index is 9.21. The number of piperidine rings is 1. The van der Waals surface area contributed by atoms with Crippen LogP contribution in [0.15, 0.2) is 18.2 Å². The Hall–Kier alpha value is -0.730. The van der Waals surface area contributed by atoms with Crippen LogP contribution in [0.5, 0.6) is 0 Å². The van der Waals surface area contributed by atoms with Gasteiger partial charge in [0.2, 0.25) is 0 Å². The van der Waals surface area contributed by atoms with Crippen LogP contribution in [-0.4, -0.2) is 17.7 Å². The van der Waals surface area contributed by atoms with Crippen molar-refractivity contribution in [3.63, 3.8) is 0 Å². The molecule has 1 aromatic carbocycles. The molecule has 1 aliphatic carbocycles. The molecule has 2 fully saturated rings. The van der Waals surface area contributed by atoms with Crippen LogP contribution in [0.2, 0.25) is 5.02 Å². The summed E-state index contributed by atoms with van der Waals surface area (Å²) in [6, 6.07) is 6.82. The smallest absolute Gasteiger partial charge is 0.0696 e. The first-order valence-electron chi connectivity index (χ1n) is 7.45. The number of aliphatic hydroxyl groups is 1. The van der Waals surface area contributed by atoms with Crippen molar-refractivity contribution in [3.8, 4) is 0 Å². The van der Waals surface area contributed by atoms with Crippen LogP contribution in [0.3, 0.4) is 0 Å². The number of anilines is 1. The van der Waals surface area contributed by atoms with Crippen molar-refractivity contribution in [2.24, 2.45) is 5.92 Å². The second-order valence-electron chi connectivity index (χ2n) is 5.88. The largest absolute Gasteiger partial charge is 0.392 e. The van der Waals surface area contributed by atoms with Gasteiger partial charge in [-0.3, -0.25) is 0 Å². The number of benzene rings is 1. The van der Waals surface area contributed by atoms with E-state index in [9.17, 15) is 5.11 Å². The molecule has 3 rings (SSSR count). The molecule has 2 nitrogen and oxygen atoms in total. The van der Waals surface area contributed by atoms with Crippen LogP contribution in [-0.2, 0) is 6.61 Å². The van der Waals surface area contributed by atoms with Gasteiger partial charge in [0.25, 0.3) is 0 Å². The summed E-state index contributed by atoms with van der Waals surface area (Å²) >= 11 is 6.24. The number of aliphatic hydroxyl groups excluding tert-OH is 1. The summed E-state index contributed by atoms with van der Waals surface area (Å²) in [5, 5.41) is 9.90. The summed E-state index contributed by atoms with van der Waals surface area (Å²) in [5.41, 5.74) is 2.06. The van der Waals surface area contributed by atoms with Gasteiger partial charge < -0.3 is 10.0 Å². The van der Waals surface area contributed by atoms with Crippen LogP contribution in [0.1, 0.15) is 44.1 Å². The minimum atomic E-state index is 0.0190. The summed E-state index contributed by atoms with van der Waals surface area (Å²) in [6.45, 7) is 1.17. The highest BCUT2D eigenvalue weighted by Crippen LogP contribution is 2.38. The molecule has 3 heteroatoms. The average Bonchev–Trinajstić information content (AvgIpc) is 2.46. The number of hydrogen-bond donors (Lipinski definition) is 1. The van der Waals surface area contributed by atoms with E-state index in [1.165, 1.54) is 44.2 Å². The molecule has 0 aromatic heterocycles. The Morgan fingerprint density at radius 2 is 1.95 bits per heavy atom. The van der Waals surface area contributed by atoms with Crippen LogP contribution in [0.4, 0.5) is 5.69 Å². The van der Waals surface area contributed by atoms with Crippen molar-refractivity contribution >= 4 is 17.3 Å². The zero-order valence-electron chi connectivity index (χ0n) is 11.3. The zero-order valence-corrected chi connectivity index (χ0v) is 12.1. The predicted octanol–water partition coefficient (Wildman–Crippen LogP) is 3.99. The first kappa shape index (κ1) is 13.3. The fraction of sp³-hybridized carbons (Fsp3) is 0.625. The lowest BCUT2D eigenvalue weighted by molar-refractivity contribution is 0.244. The number of hydrogen-bond acceptors (Lipinski definition) is 2. The average molecular weight is 280 g/mol. The van der Waals surface area contributed by atoms with Crippen LogP contribution >= 0.6 is 11.6 Å². The van der Waals surface area contributed by atoms with Crippen molar-refractivity contribution in [1.82, 2.24) is 0 Å². The molecule has 2 aliphatic rings. The highest BCUT2D eigenvalue weighted by molar-refractivity contribution is 6.31. The van der Waals surface area contributed by atoms with Crippen LogP contribution in [0, 0.1) is 5.92 Å². The molecule has 1 saturated carbocycles. The maximum Gasteiger partial charge on any atom is 0.0696 e. The van der Waals surface area contributed by atoms with E-state index in [0.717, 1.165) is 18.0 Å². The monoisotopic (exact) mass is 279 g/mol. The summed E-state index contributed by atoms with van der Waals surface area (Å²) in [7, 11) is 0. The molecule has 0 radical (unpaired) electrons. The van der Waals surface area contributed by atoms with Gasteiger partial charge in [-0.2, -0.15) is 0 Å². The molecule has 1 saturated heterocycles. The first-order valence-corrected chi connectivity index (χ1v) is 7.83. The fourth-order valence-electron chi connectivity index (χ4n) is 3.79. The van der Waals surface area contributed by atoms with Crippen molar-refractivity contribution in [1.29, 1.82) is 0 Å². The molecule has 1 N–H and O–H groups in total. The van der Waals surface area contributed by atoms with Crippen molar-refractivity contribution < 1.29 is 5.11 Å². The Kier molecular flexibility index (Phi) is 3.99. The number of nitrogens with zero attached hydrogens (tertiary/aromatic N) is 1. The van der Waals surface area contributed by atoms with Gasteiger partial charge in [0.05, 0.1) is 6.61 Å². The van der Waals surface area contributed by atoms with Crippen LogP contribution < -0.4 is 4.90 Å².